The first-order valence-corrected chi connectivity index (χ1v) is 14.4. The molecule has 0 unspecified atom stereocenters. The Kier molecular flexibility index (Phi) is 6.38. The topological polar surface area (TPSA) is 53.2 Å². The largest absolute Gasteiger partial charge is 0.361 e. The Morgan fingerprint density at radius 2 is 1.47 bits per heavy atom. The zero-order chi connectivity index (χ0) is 26.1. The first-order chi connectivity index (χ1) is 18.5. The zero-order valence-electron chi connectivity index (χ0n) is 21.3. The number of rotatable bonds is 7. The van der Waals surface area contributed by atoms with E-state index in [2.05, 4.69) is 35.4 Å². The predicted molar refractivity (Wildman–Crippen MR) is 154 cm³/mol. The molecule has 0 spiro atoms. The highest BCUT2D eigenvalue weighted by atomic mass is 32.2. The number of aryl methyl sites for hydroxylation is 1. The second-order valence-electron chi connectivity index (χ2n) is 9.92. The van der Waals surface area contributed by atoms with Gasteiger partial charge >= 0.3 is 0 Å². The van der Waals surface area contributed by atoms with Crippen molar-refractivity contribution in [2.75, 3.05) is 0 Å². The molecular formula is C33H30N2O2S. The fraction of sp³-hybridized carbons (Fsp3) is 0.152. The van der Waals surface area contributed by atoms with Crippen LogP contribution in [0, 0.1) is 6.92 Å². The number of para-hydroxylation sites is 1. The summed E-state index contributed by atoms with van der Waals surface area (Å²) in [5, 5.41) is 1.14. The first-order valence-electron chi connectivity index (χ1n) is 13.0. The predicted octanol–water partition coefficient (Wildman–Crippen LogP) is 7.66. The molecule has 0 saturated heterocycles. The molecule has 1 aromatic heterocycles. The van der Waals surface area contributed by atoms with Crippen LogP contribution in [-0.4, -0.2) is 17.7 Å². The molecule has 0 bridgehead atoms. The molecule has 1 atom stereocenters. The van der Waals surface area contributed by atoms with E-state index in [4.69, 9.17) is 0 Å². The summed E-state index contributed by atoms with van der Waals surface area (Å²) in [5.74, 6) is -0.0645. The molecule has 0 radical (unpaired) electrons. The number of H-pyrrole nitrogens is 1. The lowest BCUT2D eigenvalue weighted by Gasteiger charge is -2.31. The fourth-order valence-electron chi connectivity index (χ4n) is 5.59. The summed E-state index contributed by atoms with van der Waals surface area (Å²) < 4.78 is 30.6. The lowest BCUT2D eigenvalue weighted by Crippen LogP contribution is -2.32. The van der Waals surface area contributed by atoms with Crippen molar-refractivity contribution in [2.24, 2.45) is 0 Å². The summed E-state index contributed by atoms with van der Waals surface area (Å²) in [6.07, 6.45) is 3.71. The van der Waals surface area contributed by atoms with E-state index in [9.17, 15) is 8.42 Å². The third kappa shape index (κ3) is 4.44. The van der Waals surface area contributed by atoms with Gasteiger partial charge in [0.25, 0.3) is 10.0 Å². The fourth-order valence-corrected chi connectivity index (χ4v) is 7.14. The molecule has 1 heterocycles. The van der Waals surface area contributed by atoms with Crippen molar-refractivity contribution >= 4 is 26.5 Å². The number of benzene rings is 4. The van der Waals surface area contributed by atoms with Crippen molar-refractivity contribution in [1.29, 1.82) is 0 Å². The van der Waals surface area contributed by atoms with Crippen LogP contribution in [0.1, 0.15) is 41.0 Å². The highest BCUT2D eigenvalue weighted by Crippen LogP contribution is 2.48. The molecule has 6 rings (SSSR count). The van der Waals surface area contributed by atoms with E-state index in [1.165, 1.54) is 0 Å². The highest BCUT2D eigenvalue weighted by Gasteiger charge is 2.38. The Morgan fingerprint density at radius 3 is 2.21 bits per heavy atom. The molecule has 190 valence electrons. The van der Waals surface area contributed by atoms with Gasteiger partial charge in [-0.25, -0.2) is 8.42 Å². The number of allylic oxidation sites excluding steroid dienone is 2. The molecule has 1 aliphatic rings. The number of hydrogen-bond acceptors (Lipinski definition) is 2. The molecule has 0 fully saturated rings. The molecule has 0 amide bonds. The maximum absolute atomic E-state index is 14.5. The summed E-state index contributed by atoms with van der Waals surface area (Å²) in [6, 6.07) is 35.5. The SMILES string of the molecule is Cc1ccc(S(=O)(=O)N(Cc2ccccc2)C2=C(c3ccccc3)CC[C@@H]2c2c[nH]c3ccccc23)cc1. The van der Waals surface area contributed by atoms with E-state index in [0.29, 0.717) is 4.90 Å². The first kappa shape index (κ1) is 24.3. The Bertz CT molecular complexity index is 1700. The number of nitrogens with zero attached hydrogens (tertiary/aromatic N) is 1. The van der Waals surface area contributed by atoms with Crippen LogP contribution in [0.15, 0.2) is 126 Å². The lowest BCUT2D eigenvalue weighted by molar-refractivity contribution is 0.451. The zero-order valence-corrected chi connectivity index (χ0v) is 22.2. The minimum atomic E-state index is -3.85. The van der Waals surface area contributed by atoms with Gasteiger partial charge in [-0.15, -0.1) is 0 Å². The molecule has 5 aromatic rings. The maximum Gasteiger partial charge on any atom is 0.264 e. The van der Waals surface area contributed by atoms with Gasteiger partial charge in [-0.2, -0.15) is 0 Å². The maximum atomic E-state index is 14.5. The van der Waals surface area contributed by atoms with Crippen LogP contribution in [0.5, 0.6) is 0 Å². The van der Waals surface area contributed by atoms with Crippen molar-refractivity contribution in [1.82, 2.24) is 9.29 Å². The smallest absolute Gasteiger partial charge is 0.264 e. The van der Waals surface area contributed by atoms with Gasteiger partial charge in [-0.1, -0.05) is 96.6 Å². The van der Waals surface area contributed by atoms with Crippen LogP contribution >= 0.6 is 0 Å². The second kappa shape index (κ2) is 9.99. The van der Waals surface area contributed by atoms with Crippen LogP contribution in [0.3, 0.4) is 0 Å². The Labute approximate surface area is 224 Å². The summed E-state index contributed by atoms with van der Waals surface area (Å²) >= 11 is 0. The van der Waals surface area contributed by atoms with Crippen LogP contribution in [0.25, 0.3) is 16.5 Å². The molecule has 38 heavy (non-hydrogen) atoms. The van der Waals surface area contributed by atoms with E-state index in [0.717, 1.165) is 57.3 Å². The minimum Gasteiger partial charge on any atom is -0.361 e. The monoisotopic (exact) mass is 518 g/mol. The van der Waals surface area contributed by atoms with Gasteiger partial charge in [-0.3, -0.25) is 4.31 Å². The van der Waals surface area contributed by atoms with Crippen LogP contribution in [0.2, 0.25) is 0 Å². The van der Waals surface area contributed by atoms with Gasteiger partial charge in [0.2, 0.25) is 0 Å². The van der Waals surface area contributed by atoms with Crippen molar-refractivity contribution < 1.29 is 8.42 Å². The van der Waals surface area contributed by atoms with Crippen LogP contribution in [0.4, 0.5) is 0 Å². The number of aromatic amines is 1. The summed E-state index contributed by atoms with van der Waals surface area (Å²) in [6.45, 7) is 2.24. The standard InChI is InChI=1S/C33H30N2O2S/c1-24-16-18-27(19-17-24)38(36,37)35(23-25-10-4-2-5-11-25)33-28(26-12-6-3-7-13-26)20-21-30(33)31-22-34-32-15-9-8-14-29(31)32/h2-19,22,30,34H,20-21,23H2,1H3/t30-/m1/s1. The lowest BCUT2D eigenvalue weighted by atomic mass is 9.95. The molecule has 0 saturated carbocycles. The normalized spacial score (nSPS) is 15.8. The third-order valence-electron chi connectivity index (χ3n) is 7.49. The number of hydrogen-bond donors (Lipinski definition) is 1. The van der Waals surface area contributed by atoms with E-state index >= 15 is 0 Å². The molecule has 5 heteroatoms. The molecule has 0 aliphatic heterocycles. The third-order valence-corrected chi connectivity index (χ3v) is 9.26. The van der Waals surface area contributed by atoms with E-state index in [1.54, 1.807) is 16.4 Å². The van der Waals surface area contributed by atoms with Gasteiger partial charge < -0.3 is 4.98 Å². The Balaban J connectivity index is 1.59. The summed E-state index contributed by atoms with van der Waals surface area (Å²) in [5.41, 5.74) is 7.21. The van der Waals surface area contributed by atoms with Gasteiger partial charge in [-0.05, 0) is 60.2 Å². The summed E-state index contributed by atoms with van der Waals surface area (Å²) in [7, 11) is -3.85. The average Bonchev–Trinajstić information content (AvgIpc) is 3.57. The average molecular weight is 519 g/mol. The van der Waals surface area contributed by atoms with E-state index in [1.807, 2.05) is 79.7 Å². The van der Waals surface area contributed by atoms with Crippen molar-refractivity contribution in [3.63, 3.8) is 0 Å². The molecule has 4 nitrogen and oxygen atoms in total. The van der Waals surface area contributed by atoms with Crippen LogP contribution in [-0.2, 0) is 16.6 Å². The van der Waals surface area contributed by atoms with Gasteiger partial charge in [0.15, 0.2) is 0 Å². The number of aromatic nitrogens is 1. The number of nitrogens with one attached hydrogen (secondary N) is 1. The van der Waals surface area contributed by atoms with Crippen molar-refractivity contribution in [2.45, 2.75) is 37.1 Å². The van der Waals surface area contributed by atoms with Gasteiger partial charge in [0, 0.05) is 28.7 Å². The minimum absolute atomic E-state index is 0.0645. The number of sulfonamides is 1. The molecule has 1 N–H and O–H groups in total. The molecule has 4 aromatic carbocycles. The van der Waals surface area contributed by atoms with Crippen molar-refractivity contribution in [3.05, 3.63) is 143 Å². The number of fused-ring (bicyclic) bond motifs is 1. The van der Waals surface area contributed by atoms with E-state index in [-0.39, 0.29) is 12.5 Å². The molecular weight excluding hydrogens is 488 g/mol. The summed E-state index contributed by atoms with van der Waals surface area (Å²) in [4.78, 5) is 3.72. The van der Waals surface area contributed by atoms with E-state index < -0.39 is 10.0 Å². The Hall–Kier alpha value is -4.09. The highest BCUT2D eigenvalue weighted by molar-refractivity contribution is 7.89. The molecule has 1 aliphatic carbocycles. The van der Waals surface area contributed by atoms with Gasteiger partial charge in [0.1, 0.15) is 0 Å². The van der Waals surface area contributed by atoms with Crippen LogP contribution < -0.4 is 0 Å². The van der Waals surface area contributed by atoms with Gasteiger partial charge in [0.05, 0.1) is 11.4 Å². The quantitative estimate of drug-likeness (QED) is 0.240. The second-order valence-corrected chi connectivity index (χ2v) is 11.8. The Morgan fingerprint density at radius 1 is 0.816 bits per heavy atom. The van der Waals surface area contributed by atoms with Crippen molar-refractivity contribution in [3.8, 4) is 0 Å².